The third kappa shape index (κ3) is 2.86. The lowest BCUT2D eigenvalue weighted by Gasteiger charge is -2.33. The van der Waals surface area contributed by atoms with Gasteiger partial charge in [-0.15, -0.1) is 0 Å². The predicted molar refractivity (Wildman–Crippen MR) is 67.7 cm³/mol. The van der Waals surface area contributed by atoms with E-state index in [1.54, 1.807) is 0 Å². The van der Waals surface area contributed by atoms with Crippen LogP contribution in [-0.2, 0) is 0 Å². The van der Waals surface area contributed by atoms with Crippen LogP contribution in [0.25, 0.3) is 0 Å². The number of rotatable bonds is 5. The highest BCUT2D eigenvalue weighted by atomic mass is 16.3. The molecule has 0 aromatic heterocycles. The Morgan fingerprint density at radius 3 is 2.12 bits per heavy atom. The van der Waals surface area contributed by atoms with Gasteiger partial charge in [-0.05, 0) is 31.5 Å². The molecule has 2 rings (SSSR count). The second kappa shape index (κ2) is 6.15. The molecular weight excluding hydrogens is 214 g/mol. The van der Waals surface area contributed by atoms with E-state index in [1.807, 2.05) is 18.2 Å². The fourth-order valence-corrected chi connectivity index (χ4v) is 2.71. The van der Waals surface area contributed by atoms with Crippen molar-refractivity contribution in [1.29, 1.82) is 0 Å². The molecule has 0 aliphatic carbocycles. The molecule has 1 atom stereocenters. The van der Waals surface area contributed by atoms with Gasteiger partial charge in [-0.2, -0.15) is 0 Å². The van der Waals surface area contributed by atoms with E-state index in [4.69, 9.17) is 0 Å². The Kier molecular flexibility index (Phi) is 4.54. The minimum atomic E-state index is -0.0875. The molecule has 0 radical (unpaired) electrons. The molecule has 94 valence electrons. The monoisotopic (exact) mass is 235 g/mol. The summed E-state index contributed by atoms with van der Waals surface area (Å²) in [5, 5.41) is 18.9. The summed E-state index contributed by atoms with van der Waals surface area (Å²) in [4.78, 5) is 2.38. The fourth-order valence-electron chi connectivity index (χ4n) is 2.71. The Hall–Kier alpha value is -0.900. The summed E-state index contributed by atoms with van der Waals surface area (Å²) in [7, 11) is 0. The zero-order valence-electron chi connectivity index (χ0n) is 10.1. The van der Waals surface area contributed by atoms with Crippen molar-refractivity contribution in [3.05, 3.63) is 35.9 Å². The van der Waals surface area contributed by atoms with Crippen molar-refractivity contribution < 1.29 is 10.2 Å². The molecule has 1 aromatic carbocycles. The fraction of sp³-hybridized carbons (Fsp3) is 0.571. The SMILES string of the molecule is OCC(CO)C(c1ccccc1)N1CCCC1. The van der Waals surface area contributed by atoms with Crippen LogP contribution in [-0.4, -0.2) is 41.4 Å². The van der Waals surface area contributed by atoms with Crippen LogP contribution in [0, 0.1) is 5.92 Å². The van der Waals surface area contributed by atoms with Gasteiger partial charge in [0.05, 0.1) is 0 Å². The average Bonchev–Trinajstić information content (AvgIpc) is 2.90. The molecule has 1 heterocycles. The number of hydrogen-bond acceptors (Lipinski definition) is 3. The third-order valence-corrected chi connectivity index (χ3v) is 3.59. The maximum absolute atomic E-state index is 9.43. The zero-order chi connectivity index (χ0) is 12.1. The van der Waals surface area contributed by atoms with Crippen molar-refractivity contribution in [3.63, 3.8) is 0 Å². The Bertz CT molecular complexity index is 316. The van der Waals surface area contributed by atoms with Crippen LogP contribution in [0.15, 0.2) is 30.3 Å². The Balaban J connectivity index is 2.22. The first kappa shape index (κ1) is 12.6. The second-order valence-corrected chi connectivity index (χ2v) is 4.72. The molecule has 1 unspecified atom stereocenters. The van der Waals surface area contributed by atoms with Crippen LogP contribution in [0.2, 0.25) is 0 Å². The highest BCUT2D eigenvalue weighted by Gasteiger charge is 2.29. The van der Waals surface area contributed by atoms with Crippen molar-refractivity contribution in [3.8, 4) is 0 Å². The third-order valence-electron chi connectivity index (χ3n) is 3.59. The van der Waals surface area contributed by atoms with Crippen LogP contribution in [0.1, 0.15) is 24.4 Å². The van der Waals surface area contributed by atoms with Crippen LogP contribution >= 0.6 is 0 Å². The standard InChI is InChI=1S/C14H21NO2/c16-10-13(11-17)14(15-8-4-5-9-15)12-6-2-1-3-7-12/h1-3,6-7,13-14,16-17H,4-5,8-11H2. The first-order valence-electron chi connectivity index (χ1n) is 6.37. The molecule has 1 aromatic rings. The van der Waals surface area contributed by atoms with Crippen molar-refractivity contribution in [2.75, 3.05) is 26.3 Å². The molecule has 1 aliphatic rings. The van der Waals surface area contributed by atoms with E-state index < -0.39 is 0 Å². The van der Waals surface area contributed by atoms with E-state index in [2.05, 4.69) is 17.0 Å². The highest BCUT2D eigenvalue weighted by Crippen LogP contribution is 2.31. The normalized spacial score (nSPS) is 18.8. The molecular formula is C14H21NO2. The summed E-state index contributed by atoms with van der Waals surface area (Å²) >= 11 is 0. The summed E-state index contributed by atoms with van der Waals surface area (Å²) < 4.78 is 0. The van der Waals surface area contributed by atoms with Crippen molar-refractivity contribution >= 4 is 0 Å². The molecule has 1 aliphatic heterocycles. The number of benzene rings is 1. The van der Waals surface area contributed by atoms with E-state index in [0.29, 0.717) is 0 Å². The molecule has 0 saturated carbocycles. The molecule has 3 nitrogen and oxygen atoms in total. The molecule has 2 N–H and O–H groups in total. The molecule has 17 heavy (non-hydrogen) atoms. The quantitative estimate of drug-likeness (QED) is 0.811. The topological polar surface area (TPSA) is 43.7 Å². The van der Waals surface area contributed by atoms with Gasteiger partial charge in [-0.1, -0.05) is 30.3 Å². The first-order valence-corrected chi connectivity index (χ1v) is 6.37. The van der Waals surface area contributed by atoms with E-state index in [0.717, 1.165) is 13.1 Å². The molecule has 0 amide bonds. The van der Waals surface area contributed by atoms with Gasteiger partial charge < -0.3 is 10.2 Å². The van der Waals surface area contributed by atoms with Crippen LogP contribution in [0.3, 0.4) is 0 Å². The van der Waals surface area contributed by atoms with E-state index in [1.165, 1.54) is 18.4 Å². The first-order chi connectivity index (χ1) is 8.36. The lowest BCUT2D eigenvalue weighted by Crippen LogP contribution is -2.35. The van der Waals surface area contributed by atoms with Gasteiger partial charge in [0.2, 0.25) is 0 Å². The van der Waals surface area contributed by atoms with Crippen molar-refractivity contribution in [2.24, 2.45) is 5.92 Å². The summed E-state index contributed by atoms with van der Waals surface area (Å²) in [6, 6.07) is 10.3. The summed E-state index contributed by atoms with van der Waals surface area (Å²) in [5.74, 6) is -0.0875. The zero-order valence-corrected chi connectivity index (χ0v) is 10.1. The van der Waals surface area contributed by atoms with Crippen LogP contribution in [0.5, 0.6) is 0 Å². The maximum atomic E-state index is 9.43. The van der Waals surface area contributed by atoms with E-state index in [9.17, 15) is 10.2 Å². The van der Waals surface area contributed by atoms with Gasteiger partial charge in [-0.3, -0.25) is 4.90 Å². The van der Waals surface area contributed by atoms with Gasteiger partial charge in [0.1, 0.15) is 0 Å². The average molecular weight is 235 g/mol. The molecule has 0 spiro atoms. The van der Waals surface area contributed by atoms with Gasteiger partial charge in [-0.25, -0.2) is 0 Å². The summed E-state index contributed by atoms with van der Waals surface area (Å²) in [6.45, 7) is 2.20. The van der Waals surface area contributed by atoms with Crippen LogP contribution in [0.4, 0.5) is 0 Å². The Labute approximate surface area is 103 Å². The number of aliphatic hydroxyl groups is 2. The lowest BCUT2D eigenvalue weighted by molar-refractivity contribution is 0.0687. The number of nitrogens with zero attached hydrogens (tertiary/aromatic N) is 1. The number of likely N-dealkylation sites (tertiary alicyclic amines) is 1. The second-order valence-electron chi connectivity index (χ2n) is 4.72. The van der Waals surface area contributed by atoms with Gasteiger partial charge >= 0.3 is 0 Å². The lowest BCUT2D eigenvalue weighted by atomic mass is 9.93. The smallest absolute Gasteiger partial charge is 0.0499 e. The number of aliphatic hydroxyl groups excluding tert-OH is 2. The van der Waals surface area contributed by atoms with Gasteiger partial charge in [0, 0.05) is 25.2 Å². The Morgan fingerprint density at radius 1 is 1.00 bits per heavy atom. The summed E-state index contributed by atoms with van der Waals surface area (Å²) in [6.07, 6.45) is 2.43. The molecule has 0 bridgehead atoms. The van der Waals surface area contributed by atoms with Crippen LogP contribution < -0.4 is 0 Å². The van der Waals surface area contributed by atoms with E-state index in [-0.39, 0.29) is 25.2 Å². The predicted octanol–water partition coefficient (Wildman–Crippen LogP) is 1.42. The molecule has 1 saturated heterocycles. The maximum Gasteiger partial charge on any atom is 0.0499 e. The largest absolute Gasteiger partial charge is 0.396 e. The van der Waals surface area contributed by atoms with Gasteiger partial charge in [0.15, 0.2) is 0 Å². The molecule has 1 fully saturated rings. The molecule has 3 heteroatoms. The summed E-state index contributed by atoms with van der Waals surface area (Å²) in [5.41, 5.74) is 1.20. The number of hydrogen-bond donors (Lipinski definition) is 2. The van der Waals surface area contributed by atoms with Crippen molar-refractivity contribution in [1.82, 2.24) is 4.90 Å². The minimum absolute atomic E-state index is 0.0343. The van der Waals surface area contributed by atoms with E-state index >= 15 is 0 Å². The minimum Gasteiger partial charge on any atom is -0.396 e. The highest BCUT2D eigenvalue weighted by molar-refractivity contribution is 5.20. The van der Waals surface area contributed by atoms with Gasteiger partial charge in [0.25, 0.3) is 0 Å². The Morgan fingerprint density at radius 2 is 1.59 bits per heavy atom. The van der Waals surface area contributed by atoms with Crippen molar-refractivity contribution in [2.45, 2.75) is 18.9 Å².